The SMILES string of the molecule is Cc1nn(C)c2nc(C3CC3)cc(C(=O)NCC(C)N3CCC(C)CC3)c12. The lowest BCUT2D eigenvalue weighted by molar-refractivity contribution is 0.0923. The summed E-state index contributed by atoms with van der Waals surface area (Å²) in [6.45, 7) is 9.43. The summed E-state index contributed by atoms with van der Waals surface area (Å²) in [4.78, 5) is 20.3. The summed E-state index contributed by atoms with van der Waals surface area (Å²) in [6, 6.07) is 2.36. The Bertz CT molecular complexity index is 846. The predicted octanol–water partition coefficient (Wildman–Crippen LogP) is 3.00. The molecule has 1 saturated carbocycles. The highest BCUT2D eigenvalue weighted by molar-refractivity contribution is 6.06. The molecule has 1 N–H and O–H groups in total. The summed E-state index contributed by atoms with van der Waals surface area (Å²) in [5.74, 6) is 1.32. The van der Waals surface area contributed by atoms with Crippen molar-refractivity contribution in [2.24, 2.45) is 13.0 Å². The Morgan fingerprint density at radius 1 is 1.30 bits per heavy atom. The van der Waals surface area contributed by atoms with Crippen molar-refractivity contribution in [1.29, 1.82) is 0 Å². The number of rotatable bonds is 5. The number of aromatic nitrogens is 3. The van der Waals surface area contributed by atoms with Gasteiger partial charge in [0.1, 0.15) is 0 Å². The predicted molar refractivity (Wildman–Crippen MR) is 107 cm³/mol. The largest absolute Gasteiger partial charge is 0.350 e. The molecule has 0 aromatic carbocycles. The zero-order valence-corrected chi connectivity index (χ0v) is 17.0. The monoisotopic (exact) mass is 369 g/mol. The highest BCUT2D eigenvalue weighted by Gasteiger charge is 2.29. The lowest BCUT2D eigenvalue weighted by atomic mass is 9.98. The number of likely N-dealkylation sites (tertiary alicyclic amines) is 1. The summed E-state index contributed by atoms with van der Waals surface area (Å²) < 4.78 is 1.80. The third-order valence-electron chi connectivity index (χ3n) is 6.23. The molecule has 2 fully saturated rings. The molecular weight excluding hydrogens is 338 g/mol. The zero-order valence-electron chi connectivity index (χ0n) is 17.0. The number of carbonyl (C=O) groups is 1. The van der Waals surface area contributed by atoms with Gasteiger partial charge in [0.15, 0.2) is 5.65 Å². The molecule has 146 valence electrons. The summed E-state index contributed by atoms with van der Waals surface area (Å²) in [7, 11) is 1.90. The van der Waals surface area contributed by atoms with E-state index in [0.29, 0.717) is 18.5 Å². The maximum absolute atomic E-state index is 13.1. The fourth-order valence-electron chi connectivity index (χ4n) is 4.17. The molecule has 2 aliphatic rings. The van der Waals surface area contributed by atoms with Crippen LogP contribution in [-0.4, -0.2) is 51.2 Å². The summed E-state index contributed by atoms with van der Waals surface area (Å²) >= 11 is 0. The van der Waals surface area contributed by atoms with Gasteiger partial charge in [-0.1, -0.05) is 6.92 Å². The highest BCUT2D eigenvalue weighted by atomic mass is 16.1. The van der Waals surface area contributed by atoms with Gasteiger partial charge in [-0.2, -0.15) is 5.10 Å². The van der Waals surface area contributed by atoms with E-state index >= 15 is 0 Å². The molecule has 1 saturated heterocycles. The molecule has 4 rings (SSSR count). The van der Waals surface area contributed by atoms with Gasteiger partial charge < -0.3 is 5.32 Å². The molecule has 2 aromatic heterocycles. The van der Waals surface area contributed by atoms with Crippen LogP contribution in [0.4, 0.5) is 0 Å². The number of nitrogens with one attached hydrogen (secondary N) is 1. The van der Waals surface area contributed by atoms with Gasteiger partial charge >= 0.3 is 0 Å². The lowest BCUT2D eigenvalue weighted by Gasteiger charge is -2.35. The van der Waals surface area contributed by atoms with Crippen molar-refractivity contribution < 1.29 is 4.79 Å². The molecule has 0 spiro atoms. The Morgan fingerprint density at radius 3 is 2.67 bits per heavy atom. The Balaban J connectivity index is 1.52. The minimum absolute atomic E-state index is 0.00220. The number of nitrogens with zero attached hydrogens (tertiary/aromatic N) is 4. The first-order valence-corrected chi connectivity index (χ1v) is 10.3. The fraction of sp³-hybridized carbons (Fsp3) is 0.667. The van der Waals surface area contributed by atoms with Crippen LogP contribution >= 0.6 is 0 Å². The molecule has 1 amide bonds. The van der Waals surface area contributed by atoms with Gasteiger partial charge in [0.2, 0.25) is 0 Å². The topological polar surface area (TPSA) is 63.1 Å². The maximum atomic E-state index is 13.1. The van der Waals surface area contributed by atoms with Crippen LogP contribution in [-0.2, 0) is 7.05 Å². The quantitative estimate of drug-likeness (QED) is 0.880. The number of pyridine rings is 1. The molecule has 6 nitrogen and oxygen atoms in total. The third-order valence-corrected chi connectivity index (χ3v) is 6.23. The van der Waals surface area contributed by atoms with E-state index in [9.17, 15) is 4.79 Å². The van der Waals surface area contributed by atoms with Crippen molar-refractivity contribution in [1.82, 2.24) is 25.0 Å². The number of piperidine rings is 1. The second-order valence-corrected chi connectivity index (χ2v) is 8.55. The van der Waals surface area contributed by atoms with Crippen LogP contribution in [0.2, 0.25) is 0 Å². The normalized spacial score (nSPS) is 20.1. The molecule has 0 radical (unpaired) electrons. The molecular formula is C21H31N5O. The number of aryl methyl sites for hydroxylation is 2. The van der Waals surface area contributed by atoms with Crippen LogP contribution in [0.15, 0.2) is 6.07 Å². The van der Waals surface area contributed by atoms with Gasteiger partial charge in [0.05, 0.1) is 16.6 Å². The van der Waals surface area contributed by atoms with Crippen molar-refractivity contribution in [3.05, 3.63) is 23.0 Å². The maximum Gasteiger partial charge on any atom is 0.252 e. The molecule has 0 bridgehead atoms. The van der Waals surface area contributed by atoms with E-state index in [1.165, 1.54) is 25.7 Å². The van der Waals surface area contributed by atoms with Gasteiger partial charge in [0.25, 0.3) is 5.91 Å². The number of carbonyl (C=O) groups excluding carboxylic acids is 1. The first-order valence-electron chi connectivity index (χ1n) is 10.3. The van der Waals surface area contributed by atoms with E-state index < -0.39 is 0 Å². The Kier molecular flexibility index (Phi) is 4.93. The molecule has 6 heteroatoms. The summed E-state index contributed by atoms with van der Waals surface area (Å²) in [6.07, 6.45) is 4.84. The second kappa shape index (κ2) is 7.23. The third kappa shape index (κ3) is 3.72. The average molecular weight is 370 g/mol. The lowest BCUT2D eigenvalue weighted by Crippen LogP contribution is -2.45. The van der Waals surface area contributed by atoms with E-state index in [0.717, 1.165) is 47.0 Å². The minimum Gasteiger partial charge on any atom is -0.350 e. The number of fused-ring (bicyclic) bond motifs is 1. The van der Waals surface area contributed by atoms with Crippen molar-refractivity contribution in [2.45, 2.75) is 58.4 Å². The van der Waals surface area contributed by atoms with E-state index in [1.54, 1.807) is 4.68 Å². The van der Waals surface area contributed by atoms with Gasteiger partial charge in [-0.15, -0.1) is 0 Å². The van der Waals surface area contributed by atoms with E-state index in [-0.39, 0.29) is 5.91 Å². The van der Waals surface area contributed by atoms with Gasteiger partial charge in [-0.05, 0) is 64.6 Å². The number of amides is 1. The van der Waals surface area contributed by atoms with Crippen LogP contribution in [0.5, 0.6) is 0 Å². The second-order valence-electron chi connectivity index (χ2n) is 8.55. The zero-order chi connectivity index (χ0) is 19.1. The summed E-state index contributed by atoms with van der Waals surface area (Å²) in [5, 5.41) is 8.56. The van der Waals surface area contributed by atoms with E-state index in [1.807, 2.05) is 20.0 Å². The first-order chi connectivity index (χ1) is 12.9. The standard InChI is InChI=1S/C21H31N5O/c1-13-7-9-26(10-8-13)14(2)12-22-21(27)17-11-18(16-5-6-16)23-20-19(17)15(3)24-25(20)4/h11,13-14,16H,5-10,12H2,1-4H3,(H,22,27). The highest BCUT2D eigenvalue weighted by Crippen LogP contribution is 2.40. The van der Waals surface area contributed by atoms with Crippen LogP contribution < -0.4 is 5.32 Å². The Hall–Kier alpha value is -1.95. The van der Waals surface area contributed by atoms with Crippen molar-refractivity contribution in [3.63, 3.8) is 0 Å². The van der Waals surface area contributed by atoms with Gasteiger partial charge in [-0.25, -0.2) is 4.98 Å². The Morgan fingerprint density at radius 2 is 2.00 bits per heavy atom. The molecule has 1 aliphatic carbocycles. The van der Waals surface area contributed by atoms with Crippen molar-refractivity contribution in [3.8, 4) is 0 Å². The van der Waals surface area contributed by atoms with E-state index in [2.05, 4.69) is 29.2 Å². The van der Waals surface area contributed by atoms with Crippen molar-refractivity contribution >= 4 is 16.9 Å². The summed E-state index contributed by atoms with van der Waals surface area (Å²) in [5.41, 5.74) is 3.45. The smallest absolute Gasteiger partial charge is 0.252 e. The molecule has 27 heavy (non-hydrogen) atoms. The molecule has 3 heterocycles. The van der Waals surface area contributed by atoms with Crippen molar-refractivity contribution in [2.75, 3.05) is 19.6 Å². The van der Waals surface area contributed by atoms with Crippen LogP contribution in [0.3, 0.4) is 0 Å². The minimum atomic E-state index is -0.00220. The Labute approximate surface area is 161 Å². The fourth-order valence-corrected chi connectivity index (χ4v) is 4.17. The average Bonchev–Trinajstić information content (AvgIpc) is 3.46. The van der Waals surface area contributed by atoms with E-state index in [4.69, 9.17) is 4.98 Å². The molecule has 1 aliphatic heterocycles. The van der Waals surface area contributed by atoms with Crippen LogP contribution in [0.1, 0.15) is 67.2 Å². The number of hydrogen-bond acceptors (Lipinski definition) is 4. The molecule has 2 aromatic rings. The molecule has 1 atom stereocenters. The first kappa shape index (κ1) is 18.4. The molecule has 1 unspecified atom stereocenters. The van der Waals surface area contributed by atoms with Gasteiger partial charge in [-0.3, -0.25) is 14.4 Å². The van der Waals surface area contributed by atoms with Gasteiger partial charge in [0, 0.05) is 31.2 Å². The number of hydrogen-bond donors (Lipinski definition) is 1. The van der Waals surface area contributed by atoms with Crippen LogP contribution in [0, 0.1) is 12.8 Å². The van der Waals surface area contributed by atoms with Crippen LogP contribution in [0.25, 0.3) is 11.0 Å².